The summed E-state index contributed by atoms with van der Waals surface area (Å²) >= 11 is 1.50. The molecule has 1 aliphatic heterocycles. The van der Waals surface area contributed by atoms with Crippen LogP contribution in [-0.4, -0.2) is 28.6 Å². The second-order valence-electron chi connectivity index (χ2n) is 6.63. The lowest BCUT2D eigenvalue weighted by Crippen LogP contribution is -2.15. The smallest absolute Gasteiger partial charge is 0.230 e. The Morgan fingerprint density at radius 2 is 2.32 bits per heavy atom. The van der Waals surface area contributed by atoms with Gasteiger partial charge in [0.2, 0.25) is 5.91 Å². The van der Waals surface area contributed by atoms with Crippen molar-refractivity contribution in [2.24, 2.45) is 0 Å². The van der Waals surface area contributed by atoms with E-state index in [9.17, 15) is 4.79 Å². The third-order valence-corrected chi connectivity index (χ3v) is 5.31. The number of ether oxygens (including phenoxy) is 2. The van der Waals surface area contributed by atoms with E-state index in [4.69, 9.17) is 9.47 Å². The Morgan fingerprint density at radius 1 is 1.43 bits per heavy atom. The van der Waals surface area contributed by atoms with E-state index in [-0.39, 0.29) is 18.4 Å². The number of anilines is 1. The lowest BCUT2D eigenvalue weighted by Gasteiger charge is -2.13. The van der Waals surface area contributed by atoms with Gasteiger partial charge in [-0.1, -0.05) is 0 Å². The van der Waals surface area contributed by atoms with Gasteiger partial charge in [0.15, 0.2) is 0 Å². The SMILES string of the molecule is CCOc1cc2c(cc1NC(=O)Cc1csc(-c3cccnc3)n1)OC(C)C2. The third-order valence-electron chi connectivity index (χ3n) is 4.37. The number of benzene rings is 1. The molecule has 1 aromatic carbocycles. The Balaban J connectivity index is 1.48. The first-order chi connectivity index (χ1) is 13.6. The van der Waals surface area contributed by atoms with Crippen molar-refractivity contribution in [1.82, 2.24) is 9.97 Å². The molecule has 3 heterocycles. The van der Waals surface area contributed by atoms with E-state index in [0.29, 0.717) is 18.0 Å². The number of hydrogen-bond donors (Lipinski definition) is 1. The number of nitrogens with one attached hydrogen (secondary N) is 1. The molecule has 2 aromatic heterocycles. The minimum absolute atomic E-state index is 0.135. The summed E-state index contributed by atoms with van der Waals surface area (Å²) in [6, 6.07) is 7.63. The number of amides is 1. The van der Waals surface area contributed by atoms with E-state index < -0.39 is 0 Å². The minimum Gasteiger partial charge on any atom is -0.492 e. The normalized spacial score (nSPS) is 15.0. The summed E-state index contributed by atoms with van der Waals surface area (Å²) in [4.78, 5) is 21.3. The average Bonchev–Trinajstić information content (AvgIpc) is 3.28. The van der Waals surface area contributed by atoms with Crippen LogP contribution in [0, 0.1) is 0 Å². The molecule has 144 valence electrons. The summed E-state index contributed by atoms with van der Waals surface area (Å²) in [6.45, 7) is 4.48. The zero-order valence-electron chi connectivity index (χ0n) is 15.8. The second-order valence-corrected chi connectivity index (χ2v) is 7.49. The predicted molar refractivity (Wildman–Crippen MR) is 109 cm³/mol. The van der Waals surface area contributed by atoms with Gasteiger partial charge in [-0.15, -0.1) is 11.3 Å². The summed E-state index contributed by atoms with van der Waals surface area (Å²) in [7, 11) is 0. The highest BCUT2D eigenvalue weighted by molar-refractivity contribution is 7.13. The zero-order valence-corrected chi connectivity index (χ0v) is 16.6. The first-order valence-corrected chi connectivity index (χ1v) is 10.1. The molecule has 1 N–H and O–H groups in total. The maximum absolute atomic E-state index is 12.6. The lowest BCUT2D eigenvalue weighted by atomic mass is 10.1. The van der Waals surface area contributed by atoms with Gasteiger partial charge in [0, 0.05) is 41.4 Å². The molecule has 6 nitrogen and oxygen atoms in total. The van der Waals surface area contributed by atoms with Crippen LogP contribution in [0.2, 0.25) is 0 Å². The Kier molecular flexibility index (Phi) is 5.25. The van der Waals surface area contributed by atoms with E-state index in [2.05, 4.69) is 15.3 Å². The van der Waals surface area contributed by atoms with E-state index in [1.54, 1.807) is 12.4 Å². The number of rotatable bonds is 6. The molecule has 3 aromatic rings. The predicted octanol–water partition coefficient (Wildman–Crippen LogP) is 4.11. The molecule has 1 unspecified atom stereocenters. The quantitative estimate of drug-likeness (QED) is 0.680. The van der Waals surface area contributed by atoms with Crippen LogP contribution in [0.25, 0.3) is 10.6 Å². The molecule has 28 heavy (non-hydrogen) atoms. The summed E-state index contributed by atoms with van der Waals surface area (Å²) in [5, 5.41) is 5.70. The molecule has 1 amide bonds. The van der Waals surface area contributed by atoms with E-state index in [0.717, 1.165) is 34.0 Å². The highest BCUT2D eigenvalue weighted by Crippen LogP contribution is 2.38. The van der Waals surface area contributed by atoms with Crippen LogP contribution in [0.15, 0.2) is 42.0 Å². The van der Waals surface area contributed by atoms with Gasteiger partial charge in [0.25, 0.3) is 0 Å². The maximum atomic E-state index is 12.6. The second kappa shape index (κ2) is 7.98. The van der Waals surface area contributed by atoms with Gasteiger partial charge in [-0.3, -0.25) is 9.78 Å². The largest absolute Gasteiger partial charge is 0.492 e. The lowest BCUT2D eigenvalue weighted by molar-refractivity contribution is -0.115. The number of carbonyl (C=O) groups excluding carboxylic acids is 1. The number of thiazole rings is 1. The molecule has 0 radical (unpaired) electrons. The van der Waals surface area contributed by atoms with Crippen LogP contribution in [0.5, 0.6) is 11.5 Å². The molecule has 1 aliphatic rings. The third kappa shape index (κ3) is 3.99. The molecule has 4 rings (SSSR count). The fourth-order valence-electron chi connectivity index (χ4n) is 3.18. The fourth-order valence-corrected chi connectivity index (χ4v) is 3.99. The number of carbonyl (C=O) groups is 1. The van der Waals surface area contributed by atoms with Crippen molar-refractivity contribution in [3.8, 4) is 22.1 Å². The van der Waals surface area contributed by atoms with Crippen molar-refractivity contribution in [1.29, 1.82) is 0 Å². The van der Waals surface area contributed by atoms with Crippen LogP contribution in [0.1, 0.15) is 25.1 Å². The van der Waals surface area contributed by atoms with Crippen molar-refractivity contribution in [2.75, 3.05) is 11.9 Å². The summed E-state index contributed by atoms with van der Waals surface area (Å²) in [5.41, 5.74) is 3.41. The van der Waals surface area contributed by atoms with E-state index in [1.165, 1.54) is 11.3 Å². The Hall–Kier alpha value is -2.93. The summed E-state index contributed by atoms with van der Waals surface area (Å²) in [5.74, 6) is 1.33. The molecular formula is C21H21N3O3S. The maximum Gasteiger partial charge on any atom is 0.230 e. The number of fused-ring (bicyclic) bond motifs is 1. The Bertz CT molecular complexity index is 988. The zero-order chi connectivity index (χ0) is 19.5. The fraction of sp³-hybridized carbons (Fsp3) is 0.286. The molecule has 0 bridgehead atoms. The topological polar surface area (TPSA) is 73.3 Å². The minimum atomic E-state index is -0.144. The first kappa shape index (κ1) is 18.4. The van der Waals surface area contributed by atoms with Crippen LogP contribution < -0.4 is 14.8 Å². The molecule has 0 fully saturated rings. The van der Waals surface area contributed by atoms with Crippen molar-refractivity contribution < 1.29 is 14.3 Å². The summed E-state index contributed by atoms with van der Waals surface area (Å²) in [6.07, 6.45) is 4.66. The van der Waals surface area contributed by atoms with Crippen LogP contribution in [-0.2, 0) is 17.6 Å². The van der Waals surface area contributed by atoms with Crippen LogP contribution >= 0.6 is 11.3 Å². The molecule has 1 atom stereocenters. The van der Waals surface area contributed by atoms with Gasteiger partial charge >= 0.3 is 0 Å². The van der Waals surface area contributed by atoms with Crippen molar-refractivity contribution in [2.45, 2.75) is 32.8 Å². The summed E-state index contributed by atoms with van der Waals surface area (Å²) < 4.78 is 11.5. The van der Waals surface area contributed by atoms with Crippen molar-refractivity contribution in [3.05, 3.63) is 53.3 Å². The number of pyridine rings is 1. The Morgan fingerprint density at radius 3 is 3.11 bits per heavy atom. The standard InChI is InChI=1S/C21H21N3O3S/c1-3-26-19-8-15-7-13(2)27-18(15)10-17(19)24-20(25)9-16-12-28-21(23-16)14-5-4-6-22-11-14/h4-6,8,10-13H,3,7,9H2,1-2H3,(H,24,25). The van der Waals surface area contributed by atoms with Crippen LogP contribution in [0.4, 0.5) is 5.69 Å². The molecular weight excluding hydrogens is 374 g/mol. The number of aromatic nitrogens is 2. The molecule has 0 aliphatic carbocycles. The van der Waals surface area contributed by atoms with Crippen molar-refractivity contribution >= 4 is 22.9 Å². The Labute approximate surface area is 167 Å². The number of hydrogen-bond acceptors (Lipinski definition) is 6. The van der Waals surface area contributed by atoms with Gasteiger partial charge in [0.05, 0.1) is 24.4 Å². The highest BCUT2D eigenvalue weighted by Gasteiger charge is 2.22. The monoisotopic (exact) mass is 395 g/mol. The van der Waals surface area contributed by atoms with Gasteiger partial charge in [0.1, 0.15) is 22.6 Å². The van der Waals surface area contributed by atoms with Crippen LogP contribution in [0.3, 0.4) is 0 Å². The molecule has 0 saturated carbocycles. The van der Waals surface area contributed by atoms with Gasteiger partial charge in [-0.05, 0) is 32.0 Å². The molecule has 0 spiro atoms. The molecule has 7 heteroatoms. The van der Waals surface area contributed by atoms with Gasteiger partial charge in [-0.2, -0.15) is 0 Å². The highest BCUT2D eigenvalue weighted by atomic mass is 32.1. The average molecular weight is 395 g/mol. The number of nitrogens with zero attached hydrogens (tertiary/aromatic N) is 2. The van der Waals surface area contributed by atoms with E-state index in [1.807, 2.05) is 43.5 Å². The molecule has 0 saturated heterocycles. The van der Waals surface area contributed by atoms with Crippen molar-refractivity contribution in [3.63, 3.8) is 0 Å². The van der Waals surface area contributed by atoms with E-state index >= 15 is 0 Å². The first-order valence-electron chi connectivity index (χ1n) is 9.23. The van der Waals surface area contributed by atoms with Gasteiger partial charge < -0.3 is 14.8 Å². The van der Waals surface area contributed by atoms with Gasteiger partial charge in [-0.25, -0.2) is 4.98 Å².